The fraction of sp³-hybridized carbons (Fsp3) is 0.421. The summed E-state index contributed by atoms with van der Waals surface area (Å²) in [5.41, 5.74) is 0.805. The van der Waals surface area contributed by atoms with Crippen LogP contribution in [-0.4, -0.2) is 41.0 Å². The maximum absolute atomic E-state index is 12.0. The number of aromatic nitrogens is 2. The Labute approximate surface area is 147 Å². The fourth-order valence-electron chi connectivity index (χ4n) is 3.12. The maximum atomic E-state index is 12.0. The highest BCUT2D eigenvalue weighted by molar-refractivity contribution is 5.76. The molecule has 2 heterocycles. The zero-order valence-electron chi connectivity index (χ0n) is 14.6. The van der Waals surface area contributed by atoms with Crippen molar-refractivity contribution in [2.75, 3.05) is 20.2 Å². The summed E-state index contributed by atoms with van der Waals surface area (Å²) >= 11 is 0. The summed E-state index contributed by atoms with van der Waals surface area (Å²) in [6.45, 7) is 3.38. The third kappa shape index (κ3) is 4.07. The summed E-state index contributed by atoms with van der Waals surface area (Å²) in [6, 6.07) is 7.40. The molecule has 0 spiro atoms. The minimum absolute atomic E-state index is 0.138. The Bertz CT molecular complexity index is 735. The Morgan fingerprint density at radius 3 is 2.88 bits per heavy atom. The second kappa shape index (κ2) is 7.96. The number of piperidine rings is 1. The van der Waals surface area contributed by atoms with Gasteiger partial charge in [0.2, 0.25) is 11.8 Å². The molecule has 0 radical (unpaired) electrons. The van der Waals surface area contributed by atoms with E-state index in [9.17, 15) is 4.79 Å². The zero-order chi connectivity index (χ0) is 17.6. The number of ether oxygens (including phenoxy) is 2. The van der Waals surface area contributed by atoms with E-state index in [2.05, 4.69) is 9.97 Å². The molecule has 1 aliphatic heterocycles. The topological polar surface area (TPSA) is 64.6 Å². The first-order chi connectivity index (χ1) is 12.2. The molecule has 2 aromatic rings. The molecule has 1 aliphatic rings. The van der Waals surface area contributed by atoms with Crippen LogP contribution in [0.3, 0.4) is 0 Å². The Balaban J connectivity index is 1.81. The highest BCUT2D eigenvalue weighted by Gasteiger charge is 2.27. The number of carbonyl (C=O) groups excluding carboxylic acids is 1. The van der Waals surface area contributed by atoms with Crippen molar-refractivity contribution in [1.29, 1.82) is 0 Å². The highest BCUT2D eigenvalue weighted by atomic mass is 16.5. The summed E-state index contributed by atoms with van der Waals surface area (Å²) in [6.07, 6.45) is 5.76. The molecule has 3 rings (SSSR count). The van der Waals surface area contributed by atoms with Crippen molar-refractivity contribution in [2.24, 2.45) is 0 Å². The van der Waals surface area contributed by atoms with Gasteiger partial charge in [0.25, 0.3) is 0 Å². The molecule has 132 valence electrons. The van der Waals surface area contributed by atoms with Crippen LogP contribution in [0.2, 0.25) is 0 Å². The maximum Gasteiger partial charge on any atom is 0.241 e. The molecule has 1 aromatic carbocycles. The molecule has 0 aliphatic carbocycles. The van der Waals surface area contributed by atoms with Crippen LogP contribution in [0.5, 0.6) is 17.4 Å². The van der Waals surface area contributed by atoms with E-state index in [1.165, 1.54) is 0 Å². The largest absolute Gasteiger partial charge is 0.497 e. The van der Waals surface area contributed by atoms with E-state index in [-0.39, 0.29) is 11.8 Å². The van der Waals surface area contributed by atoms with E-state index in [0.717, 1.165) is 30.8 Å². The molecule has 0 unspecified atom stereocenters. The molecule has 1 aromatic heterocycles. The molecule has 0 bridgehead atoms. The van der Waals surface area contributed by atoms with Gasteiger partial charge in [-0.3, -0.25) is 9.78 Å². The van der Waals surface area contributed by atoms with Crippen LogP contribution in [0.15, 0.2) is 36.7 Å². The highest BCUT2D eigenvalue weighted by Crippen LogP contribution is 2.33. The number of hydrogen-bond acceptors (Lipinski definition) is 5. The lowest BCUT2D eigenvalue weighted by Gasteiger charge is -2.32. The number of benzene rings is 1. The molecule has 6 nitrogen and oxygen atoms in total. The second-order valence-electron chi connectivity index (χ2n) is 6.06. The van der Waals surface area contributed by atoms with Crippen LogP contribution in [0.1, 0.15) is 37.8 Å². The van der Waals surface area contributed by atoms with Gasteiger partial charge in [0.15, 0.2) is 0 Å². The predicted octanol–water partition coefficient (Wildman–Crippen LogP) is 3.39. The minimum Gasteiger partial charge on any atom is -0.497 e. The van der Waals surface area contributed by atoms with Crippen LogP contribution in [0.4, 0.5) is 0 Å². The number of likely N-dealkylation sites (tertiary alicyclic amines) is 1. The van der Waals surface area contributed by atoms with Gasteiger partial charge < -0.3 is 14.4 Å². The second-order valence-corrected chi connectivity index (χ2v) is 6.06. The summed E-state index contributed by atoms with van der Waals surface area (Å²) in [5, 5.41) is 0. The summed E-state index contributed by atoms with van der Waals surface area (Å²) in [7, 11) is 1.62. The average molecular weight is 341 g/mol. The van der Waals surface area contributed by atoms with E-state index in [1.54, 1.807) is 19.5 Å². The van der Waals surface area contributed by atoms with Gasteiger partial charge in [-0.1, -0.05) is 13.0 Å². The summed E-state index contributed by atoms with van der Waals surface area (Å²) in [4.78, 5) is 22.8. The van der Waals surface area contributed by atoms with Gasteiger partial charge in [-0.25, -0.2) is 4.98 Å². The van der Waals surface area contributed by atoms with Crippen molar-refractivity contribution in [2.45, 2.75) is 32.1 Å². The standard InChI is InChI=1S/C19H23N3O3/c1-3-17(23)22-11-5-6-14(13-22)18-19(21-10-9-20-18)25-16-8-4-7-15(12-16)24-2/h4,7-10,12,14H,3,5-6,11,13H2,1-2H3/t14-/m1/s1. The van der Waals surface area contributed by atoms with Crippen molar-refractivity contribution in [3.63, 3.8) is 0 Å². The molecular weight excluding hydrogens is 318 g/mol. The van der Waals surface area contributed by atoms with Gasteiger partial charge in [0.05, 0.1) is 7.11 Å². The number of methoxy groups -OCH3 is 1. The molecule has 25 heavy (non-hydrogen) atoms. The van der Waals surface area contributed by atoms with Gasteiger partial charge in [-0.05, 0) is 25.0 Å². The van der Waals surface area contributed by atoms with Crippen molar-refractivity contribution in [1.82, 2.24) is 14.9 Å². The normalized spacial score (nSPS) is 17.2. The molecule has 0 saturated carbocycles. The van der Waals surface area contributed by atoms with Crippen molar-refractivity contribution < 1.29 is 14.3 Å². The van der Waals surface area contributed by atoms with E-state index in [4.69, 9.17) is 9.47 Å². The Hall–Kier alpha value is -2.63. The van der Waals surface area contributed by atoms with Crippen molar-refractivity contribution in [3.05, 3.63) is 42.4 Å². The lowest BCUT2D eigenvalue weighted by Crippen LogP contribution is -2.39. The summed E-state index contributed by atoms with van der Waals surface area (Å²) in [5.74, 6) is 2.19. The number of rotatable bonds is 5. The number of hydrogen-bond donors (Lipinski definition) is 0. The van der Waals surface area contributed by atoms with Crippen LogP contribution >= 0.6 is 0 Å². The molecule has 1 atom stereocenters. The Morgan fingerprint density at radius 1 is 1.28 bits per heavy atom. The molecule has 0 N–H and O–H groups in total. The molecular formula is C19H23N3O3. The molecule has 6 heteroatoms. The zero-order valence-corrected chi connectivity index (χ0v) is 14.6. The number of nitrogens with zero attached hydrogens (tertiary/aromatic N) is 3. The van der Waals surface area contributed by atoms with Crippen LogP contribution in [-0.2, 0) is 4.79 Å². The first-order valence-corrected chi connectivity index (χ1v) is 8.61. The smallest absolute Gasteiger partial charge is 0.241 e. The molecule has 1 saturated heterocycles. The Kier molecular flexibility index (Phi) is 5.48. The van der Waals surface area contributed by atoms with Gasteiger partial charge in [-0.2, -0.15) is 0 Å². The van der Waals surface area contributed by atoms with Crippen LogP contribution < -0.4 is 9.47 Å². The van der Waals surface area contributed by atoms with Gasteiger partial charge in [0, 0.05) is 43.9 Å². The third-order valence-electron chi connectivity index (χ3n) is 4.41. The van der Waals surface area contributed by atoms with Gasteiger partial charge >= 0.3 is 0 Å². The monoisotopic (exact) mass is 341 g/mol. The predicted molar refractivity (Wildman–Crippen MR) is 93.9 cm³/mol. The molecule has 1 fully saturated rings. The van der Waals surface area contributed by atoms with Gasteiger partial charge in [-0.15, -0.1) is 0 Å². The third-order valence-corrected chi connectivity index (χ3v) is 4.41. The minimum atomic E-state index is 0.138. The summed E-state index contributed by atoms with van der Waals surface area (Å²) < 4.78 is 11.2. The van der Waals surface area contributed by atoms with Crippen molar-refractivity contribution in [3.8, 4) is 17.4 Å². The van der Waals surface area contributed by atoms with E-state index in [1.807, 2.05) is 36.1 Å². The first kappa shape index (κ1) is 17.2. The van der Waals surface area contributed by atoms with Crippen molar-refractivity contribution >= 4 is 5.91 Å². The molecule has 1 amide bonds. The SMILES string of the molecule is CCC(=O)N1CCC[C@@H](c2nccnc2Oc2cccc(OC)c2)C1. The quantitative estimate of drug-likeness (QED) is 0.834. The lowest BCUT2D eigenvalue weighted by molar-refractivity contribution is -0.132. The average Bonchev–Trinajstić information content (AvgIpc) is 2.68. The first-order valence-electron chi connectivity index (χ1n) is 8.61. The van der Waals surface area contributed by atoms with E-state index < -0.39 is 0 Å². The number of amides is 1. The number of carbonyl (C=O) groups is 1. The fourth-order valence-corrected chi connectivity index (χ4v) is 3.12. The van der Waals surface area contributed by atoms with E-state index in [0.29, 0.717) is 24.6 Å². The van der Waals surface area contributed by atoms with E-state index >= 15 is 0 Å². The van der Waals surface area contributed by atoms with Gasteiger partial charge in [0.1, 0.15) is 17.2 Å². The van der Waals surface area contributed by atoms with Crippen LogP contribution in [0.25, 0.3) is 0 Å². The van der Waals surface area contributed by atoms with Crippen LogP contribution in [0, 0.1) is 0 Å². The Morgan fingerprint density at radius 2 is 2.08 bits per heavy atom. The lowest BCUT2D eigenvalue weighted by atomic mass is 9.94.